The van der Waals surface area contributed by atoms with Gasteiger partial charge in [0.15, 0.2) is 0 Å². The normalized spacial score (nSPS) is 18.7. The predicted octanol–water partition coefficient (Wildman–Crippen LogP) is 2.05. The molecule has 1 fully saturated rings. The first-order chi connectivity index (χ1) is 8.41. The fraction of sp³-hybridized carbons (Fsp3) is 0.500. The summed E-state index contributed by atoms with van der Waals surface area (Å²) < 4.78 is 5.61. The van der Waals surface area contributed by atoms with Crippen LogP contribution >= 0.6 is 11.6 Å². The van der Waals surface area contributed by atoms with Gasteiger partial charge in [0.25, 0.3) is 0 Å². The molecule has 6 heteroatoms. The van der Waals surface area contributed by atoms with E-state index >= 15 is 0 Å². The lowest BCUT2D eigenvalue weighted by molar-refractivity contribution is -0.0279. The van der Waals surface area contributed by atoms with E-state index in [4.69, 9.17) is 21.4 Å². The van der Waals surface area contributed by atoms with Crippen LogP contribution in [0.25, 0.3) is 0 Å². The Morgan fingerprint density at radius 2 is 2.33 bits per heavy atom. The smallest absolute Gasteiger partial charge is 0.337 e. The van der Waals surface area contributed by atoms with E-state index in [1.807, 2.05) is 18.7 Å². The van der Waals surface area contributed by atoms with E-state index in [-0.39, 0.29) is 16.2 Å². The Morgan fingerprint density at radius 3 is 2.94 bits per heavy atom. The quantitative estimate of drug-likeness (QED) is 0.891. The molecule has 2 rings (SSSR count). The van der Waals surface area contributed by atoms with Gasteiger partial charge in [0.1, 0.15) is 5.82 Å². The van der Waals surface area contributed by atoms with E-state index in [0.29, 0.717) is 25.5 Å². The van der Waals surface area contributed by atoms with Gasteiger partial charge in [0.05, 0.1) is 22.8 Å². The molecule has 0 atom stereocenters. The molecule has 1 aliphatic heterocycles. The van der Waals surface area contributed by atoms with E-state index in [2.05, 4.69) is 4.98 Å². The zero-order valence-electron chi connectivity index (χ0n) is 10.3. The fourth-order valence-corrected chi connectivity index (χ4v) is 2.33. The Labute approximate surface area is 110 Å². The monoisotopic (exact) mass is 270 g/mol. The predicted molar refractivity (Wildman–Crippen MR) is 68.5 cm³/mol. The van der Waals surface area contributed by atoms with Crippen molar-refractivity contribution in [2.24, 2.45) is 0 Å². The molecule has 0 amide bonds. The van der Waals surface area contributed by atoms with Crippen LogP contribution in [0.2, 0.25) is 5.02 Å². The number of carboxylic acid groups (broad SMARTS) is 1. The van der Waals surface area contributed by atoms with Crippen molar-refractivity contribution in [1.29, 1.82) is 0 Å². The summed E-state index contributed by atoms with van der Waals surface area (Å²) in [4.78, 5) is 17.2. The molecule has 98 valence electrons. The number of carboxylic acids is 1. The van der Waals surface area contributed by atoms with Crippen LogP contribution in [0.1, 0.15) is 24.2 Å². The minimum Gasteiger partial charge on any atom is -0.478 e. The van der Waals surface area contributed by atoms with Crippen molar-refractivity contribution in [2.75, 3.05) is 24.6 Å². The van der Waals surface area contributed by atoms with Crippen LogP contribution in [0.3, 0.4) is 0 Å². The summed E-state index contributed by atoms with van der Waals surface area (Å²) >= 11 is 6.10. The SMILES string of the molecule is CC1(C)CN(c2nccc(C(=O)O)c2Cl)CCO1. The van der Waals surface area contributed by atoms with Crippen molar-refractivity contribution in [3.8, 4) is 0 Å². The summed E-state index contributed by atoms with van der Waals surface area (Å²) in [6.45, 7) is 5.81. The zero-order chi connectivity index (χ0) is 13.3. The third kappa shape index (κ3) is 2.57. The highest BCUT2D eigenvalue weighted by Crippen LogP contribution is 2.30. The second-order valence-electron chi connectivity index (χ2n) is 4.83. The van der Waals surface area contributed by atoms with Gasteiger partial charge in [0.2, 0.25) is 0 Å². The molecule has 18 heavy (non-hydrogen) atoms. The molecular weight excluding hydrogens is 256 g/mol. The van der Waals surface area contributed by atoms with E-state index in [9.17, 15) is 4.79 Å². The second-order valence-corrected chi connectivity index (χ2v) is 5.21. The van der Waals surface area contributed by atoms with Crippen LogP contribution in [0, 0.1) is 0 Å². The Balaban J connectivity index is 2.34. The maximum absolute atomic E-state index is 11.0. The van der Waals surface area contributed by atoms with Crippen molar-refractivity contribution in [1.82, 2.24) is 4.98 Å². The number of ether oxygens (including phenoxy) is 1. The van der Waals surface area contributed by atoms with Gasteiger partial charge in [-0.2, -0.15) is 0 Å². The standard InChI is InChI=1S/C12H15ClN2O3/c1-12(2)7-15(5-6-18-12)10-9(13)8(11(16)17)3-4-14-10/h3-4H,5-7H2,1-2H3,(H,16,17). The summed E-state index contributed by atoms with van der Waals surface area (Å²) in [6, 6.07) is 1.40. The van der Waals surface area contributed by atoms with Crippen LogP contribution in [-0.2, 0) is 4.74 Å². The van der Waals surface area contributed by atoms with Gasteiger partial charge >= 0.3 is 5.97 Å². The van der Waals surface area contributed by atoms with E-state index in [1.165, 1.54) is 12.3 Å². The second kappa shape index (κ2) is 4.74. The molecule has 0 saturated carbocycles. The minimum absolute atomic E-state index is 0.0750. The van der Waals surface area contributed by atoms with Crippen molar-refractivity contribution in [2.45, 2.75) is 19.4 Å². The first-order valence-corrected chi connectivity index (χ1v) is 6.05. The van der Waals surface area contributed by atoms with Crippen molar-refractivity contribution in [3.63, 3.8) is 0 Å². The van der Waals surface area contributed by atoms with E-state index < -0.39 is 5.97 Å². The van der Waals surface area contributed by atoms with Crippen molar-refractivity contribution >= 4 is 23.4 Å². The highest BCUT2D eigenvalue weighted by atomic mass is 35.5. The number of anilines is 1. The van der Waals surface area contributed by atoms with Gasteiger partial charge in [-0.25, -0.2) is 9.78 Å². The fourth-order valence-electron chi connectivity index (χ4n) is 2.02. The van der Waals surface area contributed by atoms with Gasteiger partial charge in [-0.1, -0.05) is 11.6 Å². The number of halogens is 1. The largest absolute Gasteiger partial charge is 0.478 e. The molecule has 0 unspecified atom stereocenters. The van der Waals surface area contributed by atoms with Gasteiger partial charge < -0.3 is 14.7 Å². The first kappa shape index (κ1) is 13.1. The Bertz CT molecular complexity index is 476. The van der Waals surface area contributed by atoms with Gasteiger partial charge in [-0.15, -0.1) is 0 Å². The van der Waals surface area contributed by atoms with Crippen LogP contribution in [0.4, 0.5) is 5.82 Å². The van der Waals surface area contributed by atoms with Gasteiger partial charge in [-0.05, 0) is 19.9 Å². The lowest BCUT2D eigenvalue weighted by Crippen LogP contribution is -2.48. The molecule has 1 aliphatic rings. The number of aromatic carboxylic acids is 1. The van der Waals surface area contributed by atoms with Crippen LogP contribution in [0.15, 0.2) is 12.3 Å². The molecule has 5 nitrogen and oxygen atoms in total. The third-order valence-electron chi connectivity index (χ3n) is 2.83. The first-order valence-electron chi connectivity index (χ1n) is 5.67. The molecule has 1 aromatic heterocycles. The zero-order valence-corrected chi connectivity index (χ0v) is 11.1. The number of nitrogens with zero attached hydrogens (tertiary/aromatic N) is 2. The Hall–Kier alpha value is -1.33. The highest BCUT2D eigenvalue weighted by Gasteiger charge is 2.29. The van der Waals surface area contributed by atoms with Crippen LogP contribution in [0.5, 0.6) is 0 Å². The highest BCUT2D eigenvalue weighted by molar-refractivity contribution is 6.35. The molecule has 0 aliphatic carbocycles. The van der Waals surface area contributed by atoms with Gasteiger partial charge in [-0.3, -0.25) is 0 Å². The maximum Gasteiger partial charge on any atom is 0.337 e. The number of carbonyl (C=O) groups is 1. The Morgan fingerprint density at radius 1 is 1.61 bits per heavy atom. The van der Waals surface area contributed by atoms with Crippen LogP contribution in [-0.4, -0.2) is 41.4 Å². The van der Waals surface area contributed by atoms with Gasteiger partial charge in [0, 0.05) is 19.3 Å². The molecule has 2 heterocycles. The lowest BCUT2D eigenvalue weighted by atomic mass is 10.1. The molecule has 0 radical (unpaired) electrons. The minimum atomic E-state index is -1.05. The number of hydrogen-bond donors (Lipinski definition) is 1. The van der Waals surface area contributed by atoms with E-state index in [0.717, 1.165) is 0 Å². The third-order valence-corrected chi connectivity index (χ3v) is 3.20. The summed E-state index contributed by atoms with van der Waals surface area (Å²) in [6.07, 6.45) is 1.47. The Kier molecular flexibility index (Phi) is 3.45. The summed E-state index contributed by atoms with van der Waals surface area (Å²) in [7, 11) is 0. The molecule has 0 bridgehead atoms. The summed E-state index contributed by atoms with van der Waals surface area (Å²) in [5, 5.41) is 9.22. The van der Waals surface area contributed by atoms with Crippen molar-refractivity contribution in [3.05, 3.63) is 22.8 Å². The average molecular weight is 271 g/mol. The number of pyridine rings is 1. The van der Waals surface area contributed by atoms with Crippen molar-refractivity contribution < 1.29 is 14.6 Å². The number of morpholine rings is 1. The maximum atomic E-state index is 11.0. The molecule has 1 saturated heterocycles. The van der Waals surface area contributed by atoms with Crippen LogP contribution < -0.4 is 4.90 Å². The molecule has 1 aromatic rings. The summed E-state index contributed by atoms with van der Waals surface area (Å²) in [5.41, 5.74) is -0.214. The average Bonchev–Trinajstić information content (AvgIpc) is 2.27. The number of hydrogen-bond acceptors (Lipinski definition) is 4. The molecular formula is C12H15ClN2O3. The molecule has 0 aromatic carbocycles. The molecule has 0 spiro atoms. The van der Waals surface area contributed by atoms with E-state index in [1.54, 1.807) is 0 Å². The number of rotatable bonds is 2. The lowest BCUT2D eigenvalue weighted by Gasteiger charge is -2.39. The summed E-state index contributed by atoms with van der Waals surface area (Å²) in [5.74, 6) is -0.538. The number of aromatic nitrogens is 1. The molecule has 1 N–H and O–H groups in total. The topological polar surface area (TPSA) is 62.7 Å².